The first-order valence-corrected chi connectivity index (χ1v) is 11.8. The predicted octanol–water partition coefficient (Wildman–Crippen LogP) is 2.72. The Kier molecular flexibility index (Phi) is 7.02. The third-order valence-electron chi connectivity index (χ3n) is 6.02. The van der Waals surface area contributed by atoms with E-state index in [-0.39, 0.29) is 35.3 Å². The summed E-state index contributed by atoms with van der Waals surface area (Å²) in [4.78, 5) is 13.5. The van der Waals surface area contributed by atoms with Crippen molar-refractivity contribution in [3.05, 3.63) is 28.8 Å². The normalized spacial score (nSPS) is 26.0. The van der Waals surface area contributed by atoms with Crippen LogP contribution in [-0.4, -0.2) is 49.5 Å². The van der Waals surface area contributed by atoms with Crippen molar-refractivity contribution in [2.45, 2.75) is 56.4 Å². The van der Waals surface area contributed by atoms with Gasteiger partial charge in [0.2, 0.25) is 5.91 Å². The van der Waals surface area contributed by atoms with Gasteiger partial charge in [0, 0.05) is 24.2 Å². The highest BCUT2D eigenvalue weighted by Gasteiger charge is 2.41. The van der Waals surface area contributed by atoms with Crippen molar-refractivity contribution in [2.24, 2.45) is 11.8 Å². The number of rotatable bonds is 5. The number of amides is 1. The first-order chi connectivity index (χ1) is 13.4. The number of carbonyl (C=O) groups excluding carboxylic acids is 1. The zero-order chi connectivity index (χ0) is 20.3. The Balaban J connectivity index is 1.97. The molecule has 8 heteroatoms. The minimum Gasteiger partial charge on any atom is -0.396 e. The van der Waals surface area contributed by atoms with Crippen LogP contribution in [0, 0.1) is 18.8 Å². The van der Waals surface area contributed by atoms with Gasteiger partial charge in [-0.3, -0.25) is 4.79 Å². The monoisotopic (exact) mass is 428 g/mol. The summed E-state index contributed by atoms with van der Waals surface area (Å²) in [6, 6.07) is 4.41. The molecule has 1 aromatic rings. The van der Waals surface area contributed by atoms with Gasteiger partial charge in [0.25, 0.3) is 10.0 Å². The number of benzene rings is 1. The van der Waals surface area contributed by atoms with Gasteiger partial charge in [-0.1, -0.05) is 17.7 Å². The molecule has 1 amide bonds. The maximum atomic E-state index is 13.6. The van der Waals surface area contributed by atoms with Crippen LogP contribution < -0.4 is 5.32 Å². The Morgan fingerprint density at radius 2 is 1.96 bits per heavy atom. The summed E-state index contributed by atoms with van der Waals surface area (Å²) >= 11 is 6.17. The van der Waals surface area contributed by atoms with Crippen molar-refractivity contribution in [1.82, 2.24) is 9.62 Å². The number of nitrogens with zero attached hydrogens (tertiary/aromatic N) is 1. The lowest BCUT2D eigenvalue weighted by Gasteiger charge is -2.38. The quantitative estimate of drug-likeness (QED) is 0.752. The Morgan fingerprint density at radius 3 is 2.57 bits per heavy atom. The minimum absolute atomic E-state index is 0.0985. The first kappa shape index (κ1) is 21.6. The highest BCUT2D eigenvalue weighted by molar-refractivity contribution is 7.89. The van der Waals surface area contributed by atoms with Crippen LogP contribution in [0.3, 0.4) is 0 Å². The molecule has 1 aliphatic carbocycles. The Bertz CT molecular complexity index is 800. The fourth-order valence-electron chi connectivity index (χ4n) is 4.27. The number of piperidine rings is 1. The van der Waals surface area contributed by atoms with Gasteiger partial charge < -0.3 is 10.4 Å². The fraction of sp³-hybridized carbons (Fsp3) is 0.650. The number of hydrogen-bond donors (Lipinski definition) is 2. The summed E-state index contributed by atoms with van der Waals surface area (Å²) in [7, 11) is -4.02. The number of carbonyl (C=O) groups is 1. The lowest BCUT2D eigenvalue weighted by Crippen LogP contribution is -2.51. The zero-order valence-electron chi connectivity index (χ0n) is 16.2. The van der Waals surface area contributed by atoms with Crippen molar-refractivity contribution < 1.29 is 18.3 Å². The second-order valence-corrected chi connectivity index (χ2v) is 10.1. The molecular formula is C20H29ClN2O4S. The highest BCUT2D eigenvalue weighted by atomic mass is 35.5. The van der Waals surface area contributed by atoms with Crippen molar-refractivity contribution in [1.29, 1.82) is 0 Å². The van der Waals surface area contributed by atoms with Gasteiger partial charge in [0.05, 0.1) is 10.8 Å². The van der Waals surface area contributed by atoms with Crippen molar-refractivity contribution in [3.8, 4) is 0 Å². The molecule has 1 aliphatic heterocycles. The molecule has 2 fully saturated rings. The molecular weight excluding hydrogens is 400 g/mol. The molecule has 1 heterocycles. The summed E-state index contributed by atoms with van der Waals surface area (Å²) in [5.74, 6) is -0.474. The molecule has 1 saturated carbocycles. The van der Waals surface area contributed by atoms with E-state index in [0.717, 1.165) is 30.1 Å². The maximum Gasteiger partial charge on any atom is 0.267 e. The lowest BCUT2D eigenvalue weighted by molar-refractivity contribution is -0.133. The van der Waals surface area contributed by atoms with Crippen molar-refractivity contribution >= 4 is 27.5 Å². The van der Waals surface area contributed by atoms with Crippen LogP contribution in [0.1, 0.15) is 44.1 Å². The molecule has 0 aromatic heterocycles. The van der Waals surface area contributed by atoms with E-state index in [1.54, 1.807) is 19.1 Å². The van der Waals surface area contributed by atoms with Gasteiger partial charge in [-0.2, -0.15) is 0 Å². The van der Waals surface area contributed by atoms with Gasteiger partial charge in [-0.05, 0) is 75.6 Å². The second-order valence-electron chi connectivity index (χ2n) is 7.90. The molecule has 3 rings (SSSR count). The third kappa shape index (κ3) is 4.37. The van der Waals surface area contributed by atoms with Crippen molar-refractivity contribution in [3.63, 3.8) is 0 Å². The minimum atomic E-state index is -4.02. The Labute approximate surface area is 172 Å². The van der Waals surface area contributed by atoms with E-state index in [0.29, 0.717) is 36.4 Å². The van der Waals surface area contributed by atoms with Crippen LogP contribution in [0.4, 0.5) is 0 Å². The Morgan fingerprint density at radius 1 is 1.25 bits per heavy atom. The van der Waals surface area contributed by atoms with E-state index >= 15 is 0 Å². The fourth-order valence-corrected chi connectivity index (χ4v) is 6.45. The smallest absolute Gasteiger partial charge is 0.267 e. The average Bonchev–Trinajstić information content (AvgIpc) is 2.71. The summed E-state index contributed by atoms with van der Waals surface area (Å²) < 4.78 is 28.4. The largest absolute Gasteiger partial charge is 0.396 e. The van der Waals surface area contributed by atoms with Crippen LogP contribution in [0.25, 0.3) is 0 Å². The molecule has 2 aliphatic rings. The Hall–Kier alpha value is -1.15. The topological polar surface area (TPSA) is 86.7 Å². The average molecular weight is 429 g/mol. The number of aliphatic hydroxyl groups is 1. The van der Waals surface area contributed by atoms with E-state index in [1.807, 2.05) is 0 Å². The molecule has 1 saturated heterocycles. The van der Waals surface area contributed by atoms with Gasteiger partial charge in [0.15, 0.2) is 0 Å². The lowest BCUT2D eigenvalue weighted by atomic mass is 9.86. The van der Waals surface area contributed by atoms with Gasteiger partial charge in [0.1, 0.15) is 0 Å². The highest BCUT2D eigenvalue weighted by Crippen LogP contribution is 2.34. The van der Waals surface area contributed by atoms with E-state index in [9.17, 15) is 18.3 Å². The maximum absolute atomic E-state index is 13.6. The molecule has 6 nitrogen and oxygen atoms in total. The van der Waals surface area contributed by atoms with E-state index in [1.165, 1.54) is 6.07 Å². The van der Waals surface area contributed by atoms with Crippen LogP contribution in [0.15, 0.2) is 23.1 Å². The first-order valence-electron chi connectivity index (χ1n) is 10.0. The molecule has 1 aromatic carbocycles. The summed E-state index contributed by atoms with van der Waals surface area (Å²) in [5.41, 5.74) is 0.466. The van der Waals surface area contributed by atoms with Crippen molar-refractivity contribution in [2.75, 3.05) is 19.7 Å². The molecule has 28 heavy (non-hydrogen) atoms. The van der Waals surface area contributed by atoms with E-state index in [2.05, 4.69) is 5.32 Å². The molecule has 156 valence electrons. The van der Waals surface area contributed by atoms with Gasteiger partial charge in [-0.15, -0.1) is 0 Å². The number of hydrogen-bond acceptors (Lipinski definition) is 5. The molecule has 0 spiro atoms. The van der Waals surface area contributed by atoms with E-state index < -0.39 is 10.0 Å². The van der Waals surface area contributed by atoms with Crippen LogP contribution in [0.2, 0.25) is 5.02 Å². The summed E-state index contributed by atoms with van der Waals surface area (Å²) in [6.45, 7) is 3.13. The van der Waals surface area contributed by atoms with E-state index in [4.69, 9.17) is 11.6 Å². The third-order valence-corrected chi connectivity index (χ3v) is 8.43. The summed E-state index contributed by atoms with van der Waals surface area (Å²) in [5, 5.41) is 13.0. The number of nitrogens with one attached hydrogen (secondary N) is 1. The SMILES string of the molecule is Cc1c(Cl)cccc1S(=O)(=O)N(C(=O)[C@H]1CCCNC1)[C@H]1CC[C@H](CO)CC1. The summed E-state index contributed by atoms with van der Waals surface area (Å²) in [6.07, 6.45) is 4.15. The molecule has 1 atom stereocenters. The van der Waals surface area contributed by atoms with Gasteiger partial charge in [-0.25, -0.2) is 12.7 Å². The molecule has 0 bridgehead atoms. The van der Waals surface area contributed by atoms with Crippen LogP contribution in [0.5, 0.6) is 0 Å². The molecule has 0 radical (unpaired) electrons. The molecule has 0 unspecified atom stereocenters. The second kappa shape index (κ2) is 9.11. The van der Waals surface area contributed by atoms with Gasteiger partial charge >= 0.3 is 0 Å². The zero-order valence-corrected chi connectivity index (χ0v) is 17.8. The number of aliphatic hydroxyl groups excluding tert-OH is 1. The predicted molar refractivity (Wildman–Crippen MR) is 109 cm³/mol. The standard InChI is InChI=1S/C20H29ClN2O4S/c1-14-18(21)5-2-6-19(14)28(26,27)23(17-9-7-15(13-24)8-10-17)20(25)16-4-3-11-22-12-16/h2,5-6,15-17,22,24H,3-4,7-13H2,1H3/t15-,16-,17-/m0/s1. The van der Waals surface area contributed by atoms with Crippen LogP contribution in [-0.2, 0) is 14.8 Å². The van der Waals surface area contributed by atoms with Crippen LogP contribution >= 0.6 is 11.6 Å². The number of halogens is 1. The number of sulfonamides is 1. The molecule has 2 N–H and O–H groups in total.